The molecular formula is C53H42Br2F4N2O8. The molecule has 8 rings (SSSR count). The van der Waals surface area contributed by atoms with Crippen LogP contribution in [0.2, 0.25) is 0 Å². The van der Waals surface area contributed by atoms with E-state index in [0.717, 1.165) is 54.0 Å². The number of carbonyl (C=O) groups is 2. The van der Waals surface area contributed by atoms with Gasteiger partial charge < -0.3 is 37.9 Å². The molecule has 0 unspecified atom stereocenters. The molecule has 0 atom stereocenters. The van der Waals surface area contributed by atoms with Crippen molar-refractivity contribution in [2.75, 3.05) is 7.11 Å². The van der Waals surface area contributed by atoms with Gasteiger partial charge in [-0.25, -0.2) is 9.59 Å². The van der Waals surface area contributed by atoms with Crippen LogP contribution in [0.4, 0.5) is 17.6 Å². The third kappa shape index (κ3) is 12.2. The van der Waals surface area contributed by atoms with Crippen molar-refractivity contribution in [3.8, 4) is 56.9 Å². The van der Waals surface area contributed by atoms with Gasteiger partial charge >= 0.3 is 25.2 Å². The number of hydrogen-bond acceptors (Lipinski definition) is 7. The van der Waals surface area contributed by atoms with Gasteiger partial charge in [0.25, 0.3) is 0 Å². The summed E-state index contributed by atoms with van der Waals surface area (Å²) in [5, 5.41) is 9.55. The van der Waals surface area contributed by atoms with Crippen molar-refractivity contribution < 1.29 is 55.9 Å². The summed E-state index contributed by atoms with van der Waals surface area (Å²) < 4.78 is 82.6. The molecule has 0 bridgehead atoms. The first-order chi connectivity index (χ1) is 33.2. The molecule has 0 radical (unpaired) electrons. The quantitative estimate of drug-likeness (QED) is 0.0753. The molecule has 10 nitrogen and oxygen atoms in total. The number of aromatic nitrogens is 2. The second-order valence-electron chi connectivity index (χ2n) is 15.1. The standard InChI is InChI=1S/C27H22BrF2NO4.C26H20BrF2NO4/c1-17-8-11-23(21-14-19(28)9-12-24(21)34-16-18-6-4-3-5-7-18)31(17)20-10-13-25(35-27(29)30)22(15-20)26(32)33-2;1-16-7-10-22(30(16)19-9-12-24(34-26(28)29)21(14-19)25(31)32)20-13-18(27)8-11-23(20)33-15-17-5-3-2-4-6-17/h3-15,27H,16H2,1-2H3;2-14,26H,15H2,1H3,(H,31,32). The summed E-state index contributed by atoms with van der Waals surface area (Å²) >= 11 is 7.05. The number of aromatic carboxylic acids is 1. The van der Waals surface area contributed by atoms with Gasteiger partial charge in [0.15, 0.2) is 0 Å². The highest BCUT2D eigenvalue weighted by atomic mass is 79.9. The first-order valence-electron chi connectivity index (χ1n) is 21.0. The zero-order valence-corrected chi connectivity index (χ0v) is 40.2. The number of benzene rings is 6. The van der Waals surface area contributed by atoms with E-state index in [1.807, 2.05) is 144 Å². The lowest BCUT2D eigenvalue weighted by Crippen LogP contribution is -2.10. The van der Waals surface area contributed by atoms with E-state index in [-0.39, 0.29) is 16.9 Å². The molecule has 0 spiro atoms. The van der Waals surface area contributed by atoms with E-state index >= 15 is 0 Å². The number of aryl methyl sites for hydroxylation is 2. The summed E-state index contributed by atoms with van der Waals surface area (Å²) in [6.45, 7) is -1.65. The zero-order valence-electron chi connectivity index (χ0n) is 37.0. The predicted molar refractivity (Wildman–Crippen MR) is 260 cm³/mol. The molecule has 2 aromatic heterocycles. The first-order valence-corrected chi connectivity index (χ1v) is 22.6. The fourth-order valence-corrected chi connectivity index (χ4v) is 8.18. The molecule has 8 aromatic rings. The molecule has 0 amide bonds. The summed E-state index contributed by atoms with van der Waals surface area (Å²) in [5.74, 6) is -1.48. The summed E-state index contributed by atoms with van der Waals surface area (Å²) in [4.78, 5) is 24.0. The Hall–Kier alpha value is -7.30. The zero-order chi connectivity index (χ0) is 49.2. The van der Waals surface area contributed by atoms with E-state index < -0.39 is 30.9 Å². The van der Waals surface area contributed by atoms with E-state index in [2.05, 4.69) is 41.3 Å². The fraction of sp³-hybridized carbons (Fsp3) is 0.132. The second kappa shape index (κ2) is 22.7. The number of esters is 1. The Labute approximate surface area is 411 Å². The molecule has 69 heavy (non-hydrogen) atoms. The van der Waals surface area contributed by atoms with Crippen LogP contribution < -0.4 is 18.9 Å². The lowest BCUT2D eigenvalue weighted by Gasteiger charge is -2.18. The highest BCUT2D eigenvalue weighted by Crippen LogP contribution is 2.39. The summed E-state index contributed by atoms with van der Waals surface area (Å²) in [6.07, 6.45) is 0. The number of halogens is 6. The topological polar surface area (TPSA) is 110 Å². The molecule has 0 aliphatic heterocycles. The Morgan fingerprint density at radius 3 is 1.35 bits per heavy atom. The van der Waals surface area contributed by atoms with Gasteiger partial charge in [-0.15, -0.1) is 0 Å². The highest BCUT2D eigenvalue weighted by molar-refractivity contribution is 9.10. The summed E-state index contributed by atoms with van der Waals surface area (Å²) in [5.41, 5.74) is 7.50. The number of nitrogens with zero attached hydrogens (tertiary/aromatic N) is 2. The van der Waals surface area contributed by atoms with E-state index in [4.69, 9.17) is 14.2 Å². The molecule has 0 aliphatic rings. The lowest BCUT2D eigenvalue weighted by atomic mass is 10.1. The van der Waals surface area contributed by atoms with E-state index in [0.29, 0.717) is 36.1 Å². The number of carbonyl (C=O) groups excluding carboxylic acids is 1. The maximum Gasteiger partial charge on any atom is 0.387 e. The van der Waals surface area contributed by atoms with Crippen molar-refractivity contribution in [3.05, 3.63) is 200 Å². The van der Waals surface area contributed by atoms with Crippen molar-refractivity contribution in [1.29, 1.82) is 0 Å². The molecule has 354 valence electrons. The number of rotatable bonds is 16. The van der Waals surface area contributed by atoms with Crippen molar-refractivity contribution >= 4 is 43.8 Å². The van der Waals surface area contributed by atoms with Crippen LogP contribution in [-0.4, -0.2) is 46.5 Å². The van der Waals surface area contributed by atoms with Gasteiger partial charge in [-0.1, -0.05) is 92.5 Å². The number of carboxylic acids is 1. The van der Waals surface area contributed by atoms with Crippen LogP contribution in [0.3, 0.4) is 0 Å². The monoisotopic (exact) mass is 1070 g/mol. The maximum atomic E-state index is 12.9. The van der Waals surface area contributed by atoms with Crippen molar-refractivity contribution in [3.63, 3.8) is 0 Å². The lowest BCUT2D eigenvalue weighted by molar-refractivity contribution is -0.0511. The van der Waals surface area contributed by atoms with Gasteiger partial charge in [0.05, 0.1) is 18.5 Å². The van der Waals surface area contributed by atoms with Gasteiger partial charge in [-0.2, -0.15) is 17.6 Å². The molecule has 0 fully saturated rings. The minimum Gasteiger partial charge on any atom is -0.488 e. The molecule has 0 saturated carbocycles. The molecule has 0 aliphatic carbocycles. The predicted octanol–water partition coefficient (Wildman–Crippen LogP) is 14.3. The fourth-order valence-electron chi connectivity index (χ4n) is 7.46. The van der Waals surface area contributed by atoms with Gasteiger partial charge in [0.2, 0.25) is 0 Å². The van der Waals surface area contributed by atoms with Crippen LogP contribution in [0, 0.1) is 13.8 Å². The first kappa shape index (κ1) is 49.6. The minimum atomic E-state index is -3.13. The molecule has 0 saturated heterocycles. The number of hydrogen-bond donors (Lipinski definition) is 1. The van der Waals surface area contributed by atoms with Gasteiger partial charge in [0, 0.05) is 42.8 Å². The average molecular weight is 1070 g/mol. The van der Waals surface area contributed by atoms with Gasteiger partial charge in [-0.3, -0.25) is 0 Å². The maximum absolute atomic E-state index is 12.9. The molecule has 6 aromatic carbocycles. The minimum absolute atomic E-state index is 0.0980. The second-order valence-corrected chi connectivity index (χ2v) is 17.0. The molecule has 16 heteroatoms. The summed E-state index contributed by atoms with van der Waals surface area (Å²) in [6, 6.07) is 47.2. The van der Waals surface area contributed by atoms with Crippen LogP contribution in [0.5, 0.6) is 23.0 Å². The van der Waals surface area contributed by atoms with Crippen LogP contribution in [0.1, 0.15) is 43.2 Å². The molecule has 1 N–H and O–H groups in total. The third-order valence-corrected chi connectivity index (χ3v) is 11.6. The van der Waals surface area contributed by atoms with Gasteiger partial charge in [-0.05, 0) is 122 Å². The normalized spacial score (nSPS) is 10.9. The van der Waals surface area contributed by atoms with Crippen LogP contribution in [0.15, 0.2) is 167 Å². The van der Waals surface area contributed by atoms with Crippen LogP contribution >= 0.6 is 31.9 Å². The molecule has 2 heterocycles. The number of alkyl halides is 4. The molecular weight excluding hydrogens is 1030 g/mol. The Balaban J connectivity index is 0.000000204. The Morgan fingerprint density at radius 2 is 0.942 bits per heavy atom. The van der Waals surface area contributed by atoms with E-state index in [1.54, 1.807) is 12.1 Å². The largest absolute Gasteiger partial charge is 0.488 e. The van der Waals surface area contributed by atoms with Crippen LogP contribution in [-0.2, 0) is 18.0 Å². The van der Waals surface area contributed by atoms with E-state index in [1.165, 1.54) is 31.4 Å². The summed E-state index contributed by atoms with van der Waals surface area (Å²) in [7, 11) is 1.19. The Kier molecular flexibility index (Phi) is 16.3. The highest BCUT2D eigenvalue weighted by Gasteiger charge is 2.22. The third-order valence-electron chi connectivity index (χ3n) is 10.6. The van der Waals surface area contributed by atoms with Crippen molar-refractivity contribution in [1.82, 2.24) is 9.13 Å². The Bertz CT molecular complexity index is 3070. The smallest absolute Gasteiger partial charge is 0.387 e. The van der Waals surface area contributed by atoms with Crippen molar-refractivity contribution in [2.24, 2.45) is 0 Å². The Morgan fingerprint density at radius 1 is 0.536 bits per heavy atom. The van der Waals surface area contributed by atoms with Gasteiger partial charge in [0.1, 0.15) is 47.3 Å². The van der Waals surface area contributed by atoms with Crippen LogP contribution in [0.25, 0.3) is 33.9 Å². The average Bonchev–Trinajstić information content (AvgIpc) is 3.92. The SMILES string of the molecule is COC(=O)c1cc(-n2c(C)ccc2-c2cc(Br)ccc2OCc2ccccc2)ccc1OC(F)F.Cc1ccc(-c2cc(Br)ccc2OCc2ccccc2)n1-c1ccc(OC(F)F)c(C(=O)O)c1. The number of ether oxygens (including phenoxy) is 5. The number of methoxy groups -OCH3 is 1. The van der Waals surface area contributed by atoms with Crippen molar-refractivity contribution in [2.45, 2.75) is 40.3 Å². The van der Waals surface area contributed by atoms with E-state index in [9.17, 15) is 32.3 Å². The number of carboxylic acid groups (broad SMARTS) is 1.